The van der Waals surface area contributed by atoms with Gasteiger partial charge in [-0.3, -0.25) is 9.59 Å². The Morgan fingerprint density at radius 1 is 1.07 bits per heavy atom. The highest BCUT2D eigenvalue weighted by Crippen LogP contribution is 2.31. The Morgan fingerprint density at radius 2 is 1.78 bits per heavy atom. The molecule has 0 unspecified atom stereocenters. The maximum atomic E-state index is 12.4. The van der Waals surface area contributed by atoms with E-state index >= 15 is 0 Å². The van der Waals surface area contributed by atoms with Crippen LogP contribution in [0.5, 0.6) is 11.5 Å². The fourth-order valence-electron chi connectivity index (χ4n) is 2.89. The normalized spacial score (nSPS) is 15.3. The van der Waals surface area contributed by atoms with E-state index in [1.54, 1.807) is 23.7 Å². The summed E-state index contributed by atoms with van der Waals surface area (Å²) >= 11 is 1.63. The van der Waals surface area contributed by atoms with E-state index in [0.29, 0.717) is 24.5 Å². The molecule has 0 saturated heterocycles. The largest absolute Gasteiger partial charge is 0.486 e. The van der Waals surface area contributed by atoms with Crippen LogP contribution in [-0.4, -0.2) is 49.1 Å². The molecule has 1 heterocycles. The zero-order chi connectivity index (χ0) is 19.2. The smallest absolute Gasteiger partial charge is 0.222 e. The number of carbonyl (C=O) groups excluding carboxylic acids is 2. The van der Waals surface area contributed by atoms with E-state index in [1.807, 2.05) is 54.8 Å². The van der Waals surface area contributed by atoms with Crippen LogP contribution in [0.4, 0.5) is 0 Å². The lowest BCUT2D eigenvalue weighted by molar-refractivity contribution is -0.131. The van der Waals surface area contributed by atoms with Gasteiger partial charge in [-0.25, -0.2) is 0 Å². The third-order valence-corrected chi connectivity index (χ3v) is 5.19. The van der Waals surface area contributed by atoms with Crippen molar-refractivity contribution in [1.82, 2.24) is 4.90 Å². The average molecular weight is 385 g/mol. The molecule has 0 aromatic heterocycles. The predicted octanol–water partition coefficient (Wildman–Crippen LogP) is 3.67. The number of hydrogen-bond acceptors (Lipinski definition) is 5. The van der Waals surface area contributed by atoms with Gasteiger partial charge in [-0.05, 0) is 30.5 Å². The minimum atomic E-state index is -0.219. The molecular formula is C21H23NO4S. The van der Waals surface area contributed by atoms with E-state index in [9.17, 15) is 9.59 Å². The number of likely N-dealkylation sites (N-methyl/N-ethyl adjacent to an activating group) is 1. The molecule has 1 amide bonds. The third kappa shape index (κ3) is 5.04. The molecule has 0 bridgehead atoms. The van der Waals surface area contributed by atoms with Crippen LogP contribution in [0.25, 0.3) is 0 Å². The summed E-state index contributed by atoms with van der Waals surface area (Å²) in [7, 11) is 1.73. The van der Waals surface area contributed by atoms with Gasteiger partial charge in [0.1, 0.15) is 6.61 Å². The molecule has 0 aliphatic carbocycles. The molecule has 142 valence electrons. The number of ether oxygens (including phenoxy) is 2. The molecule has 0 spiro atoms. The van der Waals surface area contributed by atoms with Crippen molar-refractivity contribution in [1.29, 1.82) is 0 Å². The van der Waals surface area contributed by atoms with Gasteiger partial charge in [0.05, 0.1) is 6.54 Å². The number of rotatable bonds is 7. The van der Waals surface area contributed by atoms with Crippen LogP contribution in [0.3, 0.4) is 0 Å². The summed E-state index contributed by atoms with van der Waals surface area (Å²) in [6.45, 7) is 0.819. The number of carbonyl (C=O) groups is 2. The number of thioether (sulfide) groups is 1. The molecule has 5 nitrogen and oxygen atoms in total. The second kappa shape index (κ2) is 8.95. The van der Waals surface area contributed by atoms with Crippen molar-refractivity contribution >= 4 is 23.5 Å². The van der Waals surface area contributed by atoms with Crippen molar-refractivity contribution in [2.24, 2.45) is 0 Å². The fourth-order valence-corrected chi connectivity index (χ4v) is 3.30. The first kappa shape index (κ1) is 19.3. The number of hydrogen-bond donors (Lipinski definition) is 0. The molecule has 0 N–H and O–H groups in total. The zero-order valence-electron chi connectivity index (χ0n) is 15.5. The molecule has 27 heavy (non-hydrogen) atoms. The van der Waals surface area contributed by atoms with Gasteiger partial charge in [0.15, 0.2) is 23.4 Å². The van der Waals surface area contributed by atoms with Crippen molar-refractivity contribution in [3.8, 4) is 11.5 Å². The molecule has 2 aromatic carbocycles. The van der Waals surface area contributed by atoms with Crippen LogP contribution in [0.2, 0.25) is 0 Å². The number of fused-ring (bicyclic) bond motifs is 1. The monoisotopic (exact) mass is 385 g/mol. The average Bonchev–Trinajstić information content (AvgIpc) is 2.71. The molecule has 0 saturated carbocycles. The number of para-hydroxylation sites is 2. The highest BCUT2D eigenvalue weighted by Gasteiger charge is 2.23. The van der Waals surface area contributed by atoms with E-state index in [2.05, 4.69) is 0 Å². The van der Waals surface area contributed by atoms with Crippen molar-refractivity contribution in [3.63, 3.8) is 0 Å². The van der Waals surface area contributed by atoms with E-state index in [0.717, 1.165) is 10.6 Å². The fraction of sp³-hybridized carbons (Fsp3) is 0.333. The highest BCUT2D eigenvalue weighted by atomic mass is 32.2. The van der Waals surface area contributed by atoms with E-state index < -0.39 is 0 Å². The van der Waals surface area contributed by atoms with Gasteiger partial charge in [-0.15, -0.1) is 11.8 Å². The number of Topliss-reactive ketones (excluding diaryl/α,β-unsaturated/α-hetero) is 1. The van der Waals surface area contributed by atoms with Crippen LogP contribution >= 0.6 is 11.8 Å². The number of amides is 1. The van der Waals surface area contributed by atoms with Crippen LogP contribution < -0.4 is 9.47 Å². The van der Waals surface area contributed by atoms with Crippen LogP contribution in [0.1, 0.15) is 23.2 Å². The van der Waals surface area contributed by atoms with Gasteiger partial charge in [0.25, 0.3) is 0 Å². The zero-order valence-corrected chi connectivity index (χ0v) is 16.3. The Bertz CT molecular complexity index is 806. The molecule has 2 aromatic rings. The van der Waals surface area contributed by atoms with Crippen molar-refractivity contribution in [3.05, 3.63) is 54.1 Å². The van der Waals surface area contributed by atoms with Gasteiger partial charge >= 0.3 is 0 Å². The summed E-state index contributed by atoms with van der Waals surface area (Å²) in [6, 6.07) is 15.0. The molecular weight excluding hydrogens is 362 g/mol. The second-order valence-electron chi connectivity index (χ2n) is 6.42. The molecule has 1 aliphatic heterocycles. The lowest BCUT2D eigenvalue weighted by Crippen LogP contribution is -2.41. The Morgan fingerprint density at radius 3 is 2.48 bits per heavy atom. The van der Waals surface area contributed by atoms with Crippen molar-refractivity contribution in [2.45, 2.75) is 23.8 Å². The van der Waals surface area contributed by atoms with Gasteiger partial charge in [-0.1, -0.05) is 24.3 Å². The Balaban J connectivity index is 1.47. The van der Waals surface area contributed by atoms with Gasteiger partial charge in [0.2, 0.25) is 5.91 Å². The molecule has 6 heteroatoms. The summed E-state index contributed by atoms with van der Waals surface area (Å²) < 4.78 is 11.6. The summed E-state index contributed by atoms with van der Waals surface area (Å²) in [5, 5.41) is 0. The van der Waals surface area contributed by atoms with E-state index in [1.165, 1.54) is 0 Å². The maximum absolute atomic E-state index is 12.4. The first-order chi connectivity index (χ1) is 13.1. The predicted molar refractivity (Wildman–Crippen MR) is 106 cm³/mol. The quantitative estimate of drug-likeness (QED) is 0.538. The topological polar surface area (TPSA) is 55.8 Å². The van der Waals surface area contributed by atoms with Gasteiger partial charge in [-0.2, -0.15) is 0 Å². The minimum Gasteiger partial charge on any atom is -0.486 e. The summed E-state index contributed by atoms with van der Waals surface area (Å²) in [6.07, 6.45) is 2.16. The molecule has 1 aliphatic rings. The van der Waals surface area contributed by atoms with Gasteiger partial charge < -0.3 is 14.4 Å². The lowest BCUT2D eigenvalue weighted by atomic mass is 10.1. The van der Waals surface area contributed by atoms with Crippen molar-refractivity contribution in [2.75, 3.05) is 26.5 Å². The summed E-state index contributed by atoms with van der Waals surface area (Å²) in [5.74, 6) is 1.32. The SMILES string of the molecule is CSc1ccc(C(=O)CCC(=O)N(C)C[C@@H]2COc3ccccc3O2)cc1. The van der Waals surface area contributed by atoms with E-state index in [-0.39, 0.29) is 30.6 Å². The molecule has 1 atom stereocenters. The molecule has 0 radical (unpaired) electrons. The molecule has 0 fully saturated rings. The number of benzene rings is 2. The van der Waals surface area contributed by atoms with Gasteiger partial charge in [0, 0.05) is 30.3 Å². The number of ketones is 1. The highest BCUT2D eigenvalue weighted by molar-refractivity contribution is 7.98. The first-order valence-corrected chi connectivity index (χ1v) is 10.1. The molecule has 3 rings (SSSR count). The van der Waals surface area contributed by atoms with Crippen LogP contribution in [0.15, 0.2) is 53.4 Å². The standard InChI is InChI=1S/C21H23NO4S/c1-22(13-16-14-25-19-5-3-4-6-20(19)26-16)21(24)12-11-18(23)15-7-9-17(27-2)10-8-15/h3-10,16H,11-14H2,1-2H3/t16-/m1/s1. The number of nitrogens with zero attached hydrogens (tertiary/aromatic N) is 1. The van der Waals surface area contributed by atoms with Crippen LogP contribution in [0, 0.1) is 0 Å². The first-order valence-electron chi connectivity index (χ1n) is 8.86. The Kier molecular flexibility index (Phi) is 6.40. The van der Waals surface area contributed by atoms with Crippen molar-refractivity contribution < 1.29 is 19.1 Å². The summed E-state index contributed by atoms with van der Waals surface area (Å²) in [4.78, 5) is 27.4. The lowest BCUT2D eigenvalue weighted by Gasteiger charge is -2.29. The maximum Gasteiger partial charge on any atom is 0.222 e. The Hall–Kier alpha value is -2.47. The van der Waals surface area contributed by atoms with E-state index in [4.69, 9.17) is 9.47 Å². The summed E-state index contributed by atoms with van der Waals surface area (Å²) in [5.41, 5.74) is 0.642. The second-order valence-corrected chi connectivity index (χ2v) is 7.30. The Labute approximate surface area is 163 Å². The van der Waals surface area contributed by atoms with Crippen LogP contribution in [-0.2, 0) is 4.79 Å². The third-order valence-electron chi connectivity index (χ3n) is 4.45. The minimum absolute atomic E-state index is 0.0180.